The molecule has 1 fully saturated rings. The molecule has 1 N–H and O–H groups in total. The van der Waals surface area contributed by atoms with Gasteiger partial charge in [-0.05, 0) is 50.6 Å². The van der Waals surface area contributed by atoms with E-state index >= 15 is 0 Å². The maximum Gasteiger partial charge on any atom is 0.446 e. The number of thioether (sulfide) groups is 1. The molecule has 2 nitrogen and oxygen atoms in total. The number of ether oxygens (including phenoxy) is 1. The number of hydrogen-bond acceptors (Lipinski definition) is 3. The van der Waals surface area contributed by atoms with Crippen LogP contribution in [0.5, 0.6) is 0 Å². The van der Waals surface area contributed by atoms with Crippen molar-refractivity contribution < 1.29 is 17.9 Å². The molecular weight excluding hydrogens is 287 g/mol. The van der Waals surface area contributed by atoms with Gasteiger partial charge < -0.3 is 10.1 Å². The lowest BCUT2D eigenvalue weighted by atomic mass is 9.99. The van der Waals surface area contributed by atoms with Crippen molar-refractivity contribution in [2.75, 3.05) is 5.32 Å². The van der Waals surface area contributed by atoms with Gasteiger partial charge in [0.2, 0.25) is 0 Å². The Bertz CT molecular complexity index is 442. The van der Waals surface area contributed by atoms with Crippen molar-refractivity contribution in [1.29, 1.82) is 0 Å². The Labute approximate surface area is 121 Å². The van der Waals surface area contributed by atoms with Gasteiger partial charge in [-0.15, -0.1) is 0 Å². The maximum absolute atomic E-state index is 12.5. The van der Waals surface area contributed by atoms with Crippen LogP contribution >= 0.6 is 11.8 Å². The zero-order valence-electron chi connectivity index (χ0n) is 11.4. The van der Waals surface area contributed by atoms with E-state index in [1.807, 2.05) is 13.8 Å². The largest absolute Gasteiger partial charge is 0.446 e. The number of halogens is 3. The molecule has 20 heavy (non-hydrogen) atoms. The molecule has 6 heteroatoms. The number of hydrogen-bond donors (Lipinski definition) is 1. The molecular formula is C14H18F3NOS. The van der Waals surface area contributed by atoms with Crippen LogP contribution in [0.4, 0.5) is 18.9 Å². The lowest BCUT2D eigenvalue weighted by molar-refractivity contribution is -0.0344. The number of nitrogens with one attached hydrogen (secondary N) is 1. The van der Waals surface area contributed by atoms with E-state index in [4.69, 9.17) is 4.74 Å². The number of benzene rings is 1. The summed E-state index contributed by atoms with van der Waals surface area (Å²) in [6.07, 6.45) is 1.85. The lowest BCUT2D eigenvalue weighted by Gasteiger charge is -2.33. The first-order valence-electron chi connectivity index (χ1n) is 6.60. The fourth-order valence-electron chi connectivity index (χ4n) is 2.54. The quantitative estimate of drug-likeness (QED) is 0.820. The Hall–Kier alpha value is -0.880. The summed E-state index contributed by atoms with van der Waals surface area (Å²) in [6, 6.07) is 6.69. The topological polar surface area (TPSA) is 21.3 Å². The summed E-state index contributed by atoms with van der Waals surface area (Å²) in [4.78, 5) is 0.215. The van der Waals surface area contributed by atoms with Crippen molar-refractivity contribution in [3.05, 3.63) is 24.3 Å². The smallest absolute Gasteiger partial charge is 0.381 e. The third kappa shape index (κ3) is 4.59. The third-order valence-corrected chi connectivity index (χ3v) is 3.98. The van der Waals surface area contributed by atoms with Crippen molar-refractivity contribution in [2.24, 2.45) is 0 Å². The van der Waals surface area contributed by atoms with Gasteiger partial charge in [-0.2, -0.15) is 13.2 Å². The average Bonchev–Trinajstić information content (AvgIpc) is 2.28. The van der Waals surface area contributed by atoms with Gasteiger partial charge >= 0.3 is 5.51 Å². The lowest BCUT2D eigenvalue weighted by Crippen LogP contribution is -2.37. The van der Waals surface area contributed by atoms with E-state index in [-0.39, 0.29) is 34.9 Å². The van der Waals surface area contributed by atoms with Crippen LogP contribution in [0.15, 0.2) is 29.2 Å². The molecule has 0 aliphatic carbocycles. The van der Waals surface area contributed by atoms with Gasteiger partial charge in [0.25, 0.3) is 0 Å². The van der Waals surface area contributed by atoms with Crippen LogP contribution < -0.4 is 5.32 Å². The molecule has 1 aliphatic heterocycles. The van der Waals surface area contributed by atoms with Crippen LogP contribution in [0.3, 0.4) is 0 Å². The first-order valence-corrected chi connectivity index (χ1v) is 7.42. The average molecular weight is 305 g/mol. The minimum Gasteiger partial charge on any atom is -0.381 e. The minimum absolute atomic E-state index is 0.0762. The van der Waals surface area contributed by atoms with Crippen LogP contribution in [-0.2, 0) is 4.74 Å². The Balaban J connectivity index is 2.09. The Morgan fingerprint density at radius 3 is 2.35 bits per heavy atom. The van der Waals surface area contributed by atoms with Gasteiger partial charge in [0.05, 0.1) is 12.2 Å². The first-order chi connectivity index (χ1) is 9.33. The van der Waals surface area contributed by atoms with Crippen LogP contribution in [-0.4, -0.2) is 23.8 Å². The fraction of sp³-hybridized carbons (Fsp3) is 0.571. The number of alkyl halides is 3. The van der Waals surface area contributed by atoms with Gasteiger partial charge in [-0.25, -0.2) is 0 Å². The van der Waals surface area contributed by atoms with E-state index in [9.17, 15) is 13.2 Å². The summed E-state index contributed by atoms with van der Waals surface area (Å²) in [7, 11) is 0. The van der Waals surface area contributed by atoms with Gasteiger partial charge in [-0.3, -0.25) is 0 Å². The van der Waals surface area contributed by atoms with Crippen molar-refractivity contribution in [2.45, 2.75) is 55.3 Å². The molecule has 0 spiro atoms. The van der Waals surface area contributed by atoms with Gasteiger partial charge in [-0.1, -0.05) is 12.1 Å². The monoisotopic (exact) mass is 305 g/mol. The molecule has 112 valence electrons. The molecule has 0 bridgehead atoms. The van der Waals surface area contributed by atoms with E-state index in [2.05, 4.69) is 5.32 Å². The predicted octanol–water partition coefficient (Wildman–Crippen LogP) is 4.67. The van der Waals surface area contributed by atoms with E-state index in [0.717, 1.165) is 12.8 Å². The zero-order valence-corrected chi connectivity index (χ0v) is 12.2. The van der Waals surface area contributed by atoms with E-state index in [0.29, 0.717) is 5.69 Å². The molecule has 1 aromatic carbocycles. The fourth-order valence-corrected chi connectivity index (χ4v) is 3.18. The second-order valence-corrected chi connectivity index (χ2v) is 6.22. The highest BCUT2D eigenvalue weighted by molar-refractivity contribution is 8.00. The Kier molecular flexibility index (Phi) is 4.86. The Morgan fingerprint density at radius 1 is 1.15 bits per heavy atom. The summed E-state index contributed by atoms with van der Waals surface area (Å²) in [6.45, 7) is 3.97. The van der Waals surface area contributed by atoms with Crippen LogP contribution in [0.2, 0.25) is 0 Å². The van der Waals surface area contributed by atoms with Crippen molar-refractivity contribution in [1.82, 2.24) is 0 Å². The Morgan fingerprint density at radius 2 is 1.75 bits per heavy atom. The number of rotatable bonds is 3. The predicted molar refractivity (Wildman–Crippen MR) is 75.0 cm³/mol. The maximum atomic E-state index is 12.5. The molecule has 0 radical (unpaired) electrons. The molecule has 2 unspecified atom stereocenters. The highest BCUT2D eigenvalue weighted by Gasteiger charge is 2.31. The summed E-state index contributed by atoms with van der Waals surface area (Å²) in [5.74, 6) is 0. The van der Waals surface area contributed by atoms with Gasteiger partial charge in [0.15, 0.2) is 0 Å². The zero-order chi connectivity index (χ0) is 14.8. The molecule has 1 aromatic rings. The molecule has 2 atom stereocenters. The minimum atomic E-state index is -4.27. The second kappa shape index (κ2) is 6.26. The highest BCUT2D eigenvalue weighted by Crippen LogP contribution is 2.40. The van der Waals surface area contributed by atoms with Crippen molar-refractivity contribution >= 4 is 17.4 Å². The molecule has 2 rings (SSSR count). The molecule has 0 aromatic heterocycles. The van der Waals surface area contributed by atoms with Crippen LogP contribution in [0, 0.1) is 0 Å². The highest BCUT2D eigenvalue weighted by atomic mass is 32.2. The molecule has 1 heterocycles. The molecule has 1 aliphatic rings. The van der Waals surface area contributed by atoms with E-state index in [1.54, 1.807) is 18.2 Å². The second-order valence-electron chi connectivity index (χ2n) is 5.11. The number of para-hydroxylation sites is 1. The SMILES string of the molecule is CC1CC(Nc2ccccc2SC(F)(F)F)CC(C)O1. The summed E-state index contributed by atoms with van der Waals surface area (Å²) < 4.78 is 43.3. The third-order valence-electron chi connectivity index (χ3n) is 3.17. The van der Waals surface area contributed by atoms with Crippen LogP contribution in [0.1, 0.15) is 26.7 Å². The van der Waals surface area contributed by atoms with E-state index < -0.39 is 5.51 Å². The van der Waals surface area contributed by atoms with E-state index in [1.165, 1.54) is 6.07 Å². The molecule has 0 saturated carbocycles. The van der Waals surface area contributed by atoms with Crippen molar-refractivity contribution in [3.8, 4) is 0 Å². The normalized spacial score (nSPS) is 27.4. The number of anilines is 1. The standard InChI is InChI=1S/C14H18F3NOS/c1-9-7-11(8-10(2)19-9)18-12-5-3-4-6-13(12)20-14(15,16)17/h3-6,9-11,18H,7-8H2,1-2H3. The first kappa shape index (κ1) is 15.5. The molecule has 1 saturated heterocycles. The van der Waals surface area contributed by atoms with Crippen LogP contribution in [0.25, 0.3) is 0 Å². The van der Waals surface area contributed by atoms with Gasteiger partial charge in [0.1, 0.15) is 0 Å². The summed E-state index contributed by atoms with van der Waals surface area (Å²) >= 11 is -0.0762. The molecule has 0 amide bonds. The van der Waals surface area contributed by atoms with Crippen molar-refractivity contribution in [3.63, 3.8) is 0 Å². The van der Waals surface area contributed by atoms with Gasteiger partial charge in [0, 0.05) is 16.6 Å². The summed E-state index contributed by atoms with van der Waals surface area (Å²) in [5.41, 5.74) is -3.73. The summed E-state index contributed by atoms with van der Waals surface area (Å²) in [5, 5.41) is 3.23.